The van der Waals surface area contributed by atoms with Gasteiger partial charge in [0.2, 0.25) is 5.91 Å². The largest absolute Gasteiger partial charge is 0.363 e. The SMILES string of the molecule is O=C(NC1CC1)C1C[C@@H]2CCN(C(=O)C3(F)CCC3)C[C@@H]2O1. The number of nitrogens with one attached hydrogen (secondary N) is 1. The zero-order chi connectivity index (χ0) is 15.3. The van der Waals surface area contributed by atoms with Crippen molar-refractivity contribution in [1.29, 1.82) is 0 Å². The van der Waals surface area contributed by atoms with Crippen molar-refractivity contribution in [2.24, 2.45) is 5.92 Å². The van der Waals surface area contributed by atoms with E-state index >= 15 is 0 Å². The van der Waals surface area contributed by atoms with Crippen molar-refractivity contribution >= 4 is 11.8 Å². The summed E-state index contributed by atoms with van der Waals surface area (Å²) in [5.41, 5.74) is -1.63. The molecule has 2 aliphatic carbocycles. The third-order valence-electron chi connectivity index (χ3n) is 5.58. The van der Waals surface area contributed by atoms with Crippen LogP contribution in [0.3, 0.4) is 0 Å². The van der Waals surface area contributed by atoms with Gasteiger partial charge in [-0.15, -0.1) is 0 Å². The highest BCUT2D eigenvalue weighted by molar-refractivity contribution is 5.86. The number of carbonyl (C=O) groups is 2. The smallest absolute Gasteiger partial charge is 0.260 e. The normalized spacial score (nSPS) is 36.4. The van der Waals surface area contributed by atoms with Gasteiger partial charge in [-0.1, -0.05) is 0 Å². The number of carbonyl (C=O) groups excluding carboxylic acids is 2. The number of likely N-dealkylation sites (tertiary alicyclic amines) is 1. The molecule has 4 aliphatic rings. The fourth-order valence-electron chi connectivity index (χ4n) is 3.79. The molecule has 6 heteroatoms. The van der Waals surface area contributed by atoms with Crippen LogP contribution in [-0.4, -0.2) is 53.7 Å². The number of nitrogens with zero attached hydrogens (tertiary/aromatic N) is 1. The van der Waals surface area contributed by atoms with E-state index in [9.17, 15) is 14.0 Å². The molecular formula is C16H23FN2O3. The molecule has 2 saturated carbocycles. The van der Waals surface area contributed by atoms with E-state index in [1.807, 2.05) is 0 Å². The van der Waals surface area contributed by atoms with Crippen LogP contribution in [-0.2, 0) is 14.3 Å². The number of hydrogen-bond acceptors (Lipinski definition) is 3. The first-order valence-electron chi connectivity index (χ1n) is 8.49. The summed E-state index contributed by atoms with van der Waals surface area (Å²) in [6, 6.07) is 0.335. The Kier molecular flexibility index (Phi) is 3.40. The van der Waals surface area contributed by atoms with Crippen LogP contribution in [0.2, 0.25) is 0 Å². The number of piperidine rings is 1. The van der Waals surface area contributed by atoms with Crippen molar-refractivity contribution in [1.82, 2.24) is 10.2 Å². The molecule has 0 aromatic carbocycles. The minimum absolute atomic E-state index is 0.0178. The molecule has 5 nitrogen and oxygen atoms in total. The molecule has 2 saturated heterocycles. The Hall–Kier alpha value is -1.17. The van der Waals surface area contributed by atoms with Crippen molar-refractivity contribution in [3.8, 4) is 0 Å². The summed E-state index contributed by atoms with van der Waals surface area (Å²) in [6.07, 6.45) is 4.64. The van der Waals surface area contributed by atoms with Gasteiger partial charge in [0.05, 0.1) is 6.10 Å². The lowest BCUT2D eigenvalue weighted by molar-refractivity contribution is -0.154. The molecule has 2 amide bonds. The minimum atomic E-state index is -1.63. The molecule has 0 bridgehead atoms. The average Bonchev–Trinajstić information content (AvgIpc) is 3.18. The van der Waals surface area contributed by atoms with Gasteiger partial charge in [-0.25, -0.2) is 4.39 Å². The van der Waals surface area contributed by atoms with Gasteiger partial charge in [0, 0.05) is 19.1 Å². The van der Waals surface area contributed by atoms with E-state index in [0.29, 0.717) is 37.9 Å². The molecule has 2 aliphatic heterocycles. The van der Waals surface area contributed by atoms with Crippen molar-refractivity contribution in [2.45, 2.75) is 68.9 Å². The highest BCUT2D eigenvalue weighted by atomic mass is 19.1. The topological polar surface area (TPSA) is 58.6 Å². The third-order valence-corrected chi connectivity index (χ3v) is 5.58. The van der Waals surface area contributed by atoms with Gasteiger partial charge in [-0.05, 0) is 50.9 Å². The maximum atomic E-state index is 14.3. The van der Waals surface area contributed by atoms with Crippen LogP contribution in [0.1, 0.15) is 44.9 Å². The molecule has 0 spiro atoms. The van der Waals surface area contributed by atoms with E-state index in [0.717, 1.165) is 32.1 Å². The average molecular weight is 310 g/mol. The van der Waals surface area contributed by atoms with Crippen molar-refractivity contribution in [3.05, 3.63) is 0 Å². The summed E-state index contributed by atoms with van der Waals surface area (Å²) in [7, 11) is 0. The Morgan fingerprint density at radius 3 is 2.64 bits per heavy atom. The lowest BCUT2D eigenvalue weighted by Gasteiger charge is -2.41. The summed E-state index contributed by atoms with van der Waals surface area (Å²) in [5, 5.41) is 2.98. The predicted octanol–water partition coefficient (Wildman–Crippen LogP) is 1.16. The van der Waals surface area contributed by atoms with E-state index in [-0.39, 0.29) is 17.9 Å². The second-order valence-corrected chi connectivity index (χ2v) is 7.30. The van der Waals surface area contributed by atoms with Gasteiger partial charge >= 0.3 is 0 Å². The summed E-state index contributed by atoms with van der Waals surface area (Å²) in [4.78, 5) is 26.0. The molecular weight excluding hydrogens is 287 g/mol. The Morgan fingerprint density at radius 1 is 1.23 bits per heavy atom. The molecule has 1 N–H and O–H groups in total. The molecule has 4 fully saturated rings. The van der Waals surface area contributed by atoms with Gasteiger partial charge in [-0.2, -0.15) is 0 Å². The first kappa shape index (κ1) is 14.4. The van der Waals surface area contributed by atoms with Crippen LogP contribution in [0, 0.1) is 5.92 Å². The van der Waals surface area contributed by atoms with E-state index in [1.54, 1.807) is 4.90 Å². The standard InChI is InChI=1S/C16H23FN2O3/c17-16(5-1-6-16)15(21)19-7-4-10-8-12(22-13(10)9-19)14(20)18-11-2-3-11/h10-13H,1-9H2,(H,18,20)/t10-,12?,13-/m0/s1. The van der Waals surface area contributed by atoms with E-state index in [4.69, 9.17) is 4.74 Å². The van der Waals surface area contributed by atoms with Crippen molar-refractivity contribution in [2.75, 3.05) is 13.1 Å². The number of hydrogen-bond donors (Lipinski definition) is 1. The molecule has 1 unspecified atom stereocenters. The third kappa shape index (κ3) is 2.51. The molecule has 2 heterocycles. The Balaban J connectivity index is 1.35. The van der Waals surface area contributed by atoms with Gasteiger partial charge in [-0.3, -0.25) is 9.59 Å². The maximum absolute atomic E-state index is 14.3. The van der Waals surface area contributed by atoms with E-state index in [1.165, 1.54) is 0 Å². The van der Waals surface area contributed by atoms with Crippen molar-refractivity contribution in [3.63, 3.8) is 0 Å². The maximum Gasteiger partial charge on any atom is 0.260 e. The Morgan fingerprint density at radius 2 is 2.00 bits per heavy atom. The van der Waals surface area contributed by atoms with Gasteiger partial charge < -0.3 is 15.0 Å². The highest BCUT2D eigenvalue weighted by Gasteiger charge is 2.50. The molecule has 22 heavy (non-hydrogen) atoms. The number of amides is 2. The zero-order valence-electron chi connectivity index (χ0n) is 12.7. The number of rotatable bonds is 3. The molecule has 0 aromatic rings. The van der Waals surface area contributed by atoms with Crippen LogP contribution in [0.5, 0.6) is 0 Å². The summed E-state index contributed by atoms with van der Waals surface area (Å²) >= 11 is 0. The molecule has 122 valence electrons. The number of halogens is 1. The summed E-state index contributed by atoms with van der Waals surface area (Å²) in [5.74, 6) is -0.0710. The van der Waals surface area contributed by atoms with E-state index in [2.05, 4.69) is 5.32 Å². The highest BCUT2D eigenvalue weighted by Crippen LogP contribution is 2.40. The van der Waals surface area contributed by atoms with Gasteiger partial charge in [0.25, 0.3) is 5.91 Å². The number of alkyl halides is 1. The lowest BCUT2D eigenvalue weighted by Crippen LogP contribution is -2.55. The monoisotopic (exact) mass is 310 g/mol. The lowest BCUT2D eigenvalue weighted by atomic mass is 9.80. The summed E-state index contributed by atoms with van der Waals surface area (Å²) in [6.45, 7) is 1.02. The Labute approximate surface area is 129 Å². The summed E-state index contributed by atoms with van der Waals surface area (Å²) < 4.78 is 20.2. The molecule has 0 radical (unpaired) electrons. The van der Waals surface area contributed by atoms with Crippen LogP contribution in [0.25, 0.3) is 0 Å². The first-order chi connectivity index (χ1) is 10.5. The van der Waals surface area contributed by atoms with Crippen LogP contribution < -0.4 is 5.32 Å². The quantitative estimate of drug-likeness (QED) is 0.851. The fraction of sp³-hybridized carbons (Fsp3) is 0.875. The number of ether oxygens (including phenoxy) is 1. The van der Waals surface area contributed by atoms with Gasteiger partial charge in [0.15, 0.2) is 5.67 Å². The Bertz CT molecular complexity index is 490. The van der Waals surface area contributed by atoms with E-state index < -0.39 is 11.8 Å². The molecule has 4 rings (SSSR count). The second kappa shape index (κ2) is 5.18. The second-order valence-electron chi connectivity index (χ2n) is 7.30. The van der Waals surface area contributed by atoms with Crippen molar-refractivity contribution < 1.29 is 18.7 Å². The van der Waals surface area contributed by atoms with Gasteiger partial charge in [0.1, 0.15) is 6.10 Å². The number of fused-ring (bicyclic) bond motifs is 1. The molecule has 3 atom stereocenters. The van der Waals surface area contributed by atoms with Crippen LogP contribution in [0.15, 0.2) is 0 Å². The zero-order valence-corrected chi connectivity index (χ0v) is 12.7. The van der Waals surface area contributed by atoms with Crippen LogP contribution in [0.4, 0.5) is 4.39 Å². The predicted molar refractivity (Wildman–Crippen MR) is 76.8 cm³/mol. The first-order valence-corrected chi connectivity index (χ1v) is 8.49. The fourth-order valence-corrected chi connectivity index (χ4v) is 3.79. The minimum Gasteiger partial charge on any atom is -0.363 e. The van der Waals surface area contributed by atoms with Crippen LogP contribution >= 0.6 is 0 Å². The molecule has 0 aromatic heterocycles.